The van der Waals surface area contributed by atoms with Gasteiger partial charge in [0.25, 0.3) is 0 Å². The quantitative estimate of drug-likeness (QED) is 0.212. The number of alkyl halides is 3. The Bertz CT molecular complexity index is 637. The van der Waals surface area contributed by atoms with Gasteiger partial charge in [0, 0.05) is 0 Å². The van der Waals surface area contributed by atoms with E-state index in [2.05, 4.69) is 0 Å². The average molecular weight is 378 g/mol. The maximum atomic E-state index is 14.1. The highest BCUT2D eigenvalue weighted by atomic mass is 19.4. The molecule has 0 fully saturated rings. The molecule has 0 saturated carbocycles. The zero-order chi connectivity index (χ0) is 20.0. The molecule has 1 aromatic carbocycles. The molecule has 0 aromatic heterocycles. The van der Waals surface area contributed by atoms with Crippen molar-refractivity contribution in [2.45, 2.75) is 52.6 Å². The number of hydrogen-bond donors (Lipinski definition) is 0. The summed E-state index contributed by atoms with van der Waals surface area (Å²) >= 11 is 0. The summed E-state index contributed by atoms with van der Waals surface area (Å²) in [6.45, 7) is 5.11. The van der Waals surface area contributed by atoms with Crippen LogP contribution in [0.4, 0.5) is 17.6 Å². The lowest BCUT2D eigenvalue weighted by atomic mass is 9.82. The Balaban J connectivity index is 3.10. The maximum absolute atomic E-state index is 14.1. The van der Waals surface area contributed by atoms with Crippen LogP contribution >= 0.6 is 0 Å². The summed E-state index contributed by atoms with van der Waals surface area (Å²) in [5.74, 6) is -4.54. The van der Waals surface area contributed by atoms with Crippen LogP contribution in [-0.2, 0) is 20.5 Å². The smallest absolute Gasteiger partial charge is 0.419 e. The summed E-state index contributed by atoms with van der Waals surface area (Å²) in [7, 11) is 0. The Morgan fingerprint density at radius 2 is 1.65 bits per heavy atom. The lowest BCUT2D eigenvalue weighted by Crippen LogP contribution is -2.42. The van der Waals surface area contributed by atoms with E-state index in [1.54, 1.807) is 13.8 Å². The molecule has 0 aliphatic carbocycles. The van der Waals surface area contributed by atoms with E-state index in [9.17, 15) is 27.2 Å². The number of carbonyl (C=O) groups is 2. The zero-order valence-corrected chi connectivity index (χ0v) is 14.9. The minimum absolute atomic E-state index is 0.00781. The fourth-order valence-corrected chi connectivity index (χ4v) is 2.36. The molecule has 0 spiro atoms. The van der Waals surface area contributed by atoms with Gasteiger partial charge in [0.2, 0.25) is 0 Å². The molecule has 0 unspecified atom stereocenters. The second-order valence-electron chi connectivity index (χ2n) is 5.78. The molecule has 0 aliphatic rings. The molecule has 1 rings (SSSR count). The Hall–Kier alpha value is -2.12. The number of carbonyl (C=O) groups excluding carboxylic acids is 2. The summed E-state index contributed by atoms with van der Waals surface area (Å²) in [5, 5.41) is 0. The van der Waals surface area contributed by atoms with Crippen molar-refractivity contribution in [2.75, 3.05) is 6.61 Å². The van der Waals surface area contributed by atoms with E-state index in [0.717, 1.165) is 18.6 Å². The van der Waals surface area contributed by atoms with Crippen molar-refractivity contribution in [2.24, 2.45) is 5.41 Å². The van der Waals surface area contributed by atoms with Gasteiger partial charge in [-0.25, -0.2) is 4.39 Å². The molecular formula is C18H22F4O4. The molecule has 0 bridgehead atoms. The molecule has 146 valence electrons. The van der Waals surface area contributed by atoms with Crippen LogP contribution in [0.3, 0.4) is 0 Å². The van der Waals surface area contributed by atoms with E-state index in [0.29, 0.717) is 12.5 Å². The van der Waals surface area contributed by atoms with Gasteiger partial charge >= 0.3 is 18.1 Å². The van der Waals surface area contributed by atoms with Crippen LogP contribution in [0.25, 0.3) is 0 Å². The number of unbranched alkanes of at least 4 members (excludes halogenated alkanes) is 1. The number of halogens is 4. The van der Waals surface area contributed by atoms with Crippen LogP contribution in [-0.4, -0.2) is 18.5 Å². The molecule has 0 heterocycles. The first-order chi connectivity index (χ1) is 12.1. The van der Waals surface area contributed by atoms with Gasteiger partial charge in [-0.15, -0.1) is 0 Å². The van der Waals surface area contributed by atoms with Crippen molar-refractivity contribution < 1.29 is 36.6 Å². The van der Waals surface area contributed by atoms with Crippen LogP contribution in [0.15, 0.2) is 18.2 Å². The molecule has 4 nitrogen and oxygen atoms in total. The summed E-state index contributed by atoms with van der Waals surface area (Å²) in [6, 6.07) is 2.37. The number of benzene rings is 1. The Morgan fingerprint density at radius 1 is 1.04 bits per heavy atom. The van der Waals surface area contributed by atoms with E-state index < -0.39 is 40.7 Å². The van der Waals surface area contributed by atoms with E-state index in [-0.39, 0.29) is 19.4 Å². The van der Waals surface area contributed by atoms with E-state index in [4.69, 9.17) is 9.47 Å². The normalized spacial score (nSPS) is 12.0. The van der Waals surface area contributed by atoms with Gasteiger partial charge in [0.15, 0.2) is 17.0 Å². The molecule has 0 radical (unpaired) electrons. The van der Waals surface area contributed by atoms with Crippen LogP contribution in [0.5, 0.6) is 5.75 Å². The van der Waals surface area contributed by atoms with Crippen molar-refractivity contribution in [1.29, 1.82) is 0 Å². The van der Waals surface area contributed by atoms with Gasteiger partial charge in [-0.05, 0) is 31.4 Å². The number of esters is 2. The van der Waals surface area contributed by atoms with Gasteiger partial charge in [0.1, 0.15) is 0 Å². The van der Waals surface area contributed by atoms with E-state index in [1.165, 1.54) is 0 Å². The molecular weight excluding hydrogens is 356 g/mol. The maximum Gasteiger partial charge on any atom is 0.419 e. The molecule has 0 amide bonds. The highest BCUT2D eigenvalue weighted by Crippen LogP contribution is 2.36. The van der Waals surface area contributed by atoms with Crippen molar-refractivity contribution in [3.05, 3.63) is 29.6 Å². The van der Waals surface area contributed by atoms with E-state index in [1.807, 2.05) is 6.92 Å². The predicted molar refractivity (Wildman–Crippen MR) is 85.9 cm³/mol. The standard InChI is InChI=1S/C18H22F4O4/c1-4-7-11-25-15(23)17(5-2,6-3)16(24)26-13-10-8-9-12(14(13)19)18(20,21)22/h8-10H,4-7,11H2,1-3H3. The summed E-state index contributed by atoms with van der Waals surface area (Å²) in [5.41, 5.74) is -3.25. The highest BCUT2D eigenvalue weighted by molar-refractivity contribution is 6.00. The van der Waals surface area contributed by atoms with E-state index >= 15 is 0 Å². The Kier molecular flexibility index (Phi) is 7.59. The fourth-order valence-electron chi connectivity index (χ4n) is 2.36. The van der Waals surface area contributed by atoms with Crippen LogP contribution < -0.4 is 4.74 Å². The third-order valence-electron chi connectivity index (χ3n) is 4.19. The van der Waals surface area contributed by atoms with Crippen molar-refractivity contribution >= 4 is 11.9 Å². The summed E-state index contributed by atoms with van der Waals surface area (Å²) < 4.78 is 62.3. The van der Waals surface area contributed by atoms with Gasteiger partial charge in [0.05, 0.1) is 12.2 Å². The lowest BCUT2D eigenvalue weighted by Gasteiger charge is -2.27. The molecule has 0 aliphatic heterocycles. The monoisotopic (exact) mass is 378 g/mol. The largest absolute Gasteiger partial charge is 0.465 e. The van der Waals surface area contributed by atoms with Crippen LogP contribution in [0.1, 0.15) is 52.0 Å². The second kappa shape index (κ2) is 9.00. The lowest BCUT2D eigenvalue weighted by molar-refractivity contribution is -0.168. The summed E-state index contributed by atoms with van der Waals surface area (Å²) in [4.78, 5) is 24.9. The van der Waals surface area contributed by atoms with Crippen LogP contribution in [0.2, 0.25) is 0 Å². The minimum Gasteiger partial charge on any atom is -0.465 e. The molecule has 0 saturated heterocycles. The minimum atomic E-state index is -4.93. The SMILES string of the molecule is CCCCOC(=O)C(CC)(CC)C(=O)Oc1cccc(C(F)(F)F)c1F. The van der Waals surface area contributed by atoms with Gasteiger partial charge in [-0.2, -0.15) is 13.2 Å². The highest BCUT2D eigenvalue weighted by Gasteiger charge is 2.46. The second-order valence-corrected chi connectivity index (χ2v) is 5.78. The fraction of sp³-hybridized carbons (Fsp3) is 0.556. The predicted octanol–water partition coefficient (Wildman–Crippen LogP) is 4.90. The van der Waals surface area contributed by atoms with Gasteiger partial charge < -0.3 is 9.47 Å². The molecule has 8 heteroatoms. The topological polar surface area (TPSA) is 52.6 Å². The molecule has 1 aromatic rings. The third kappa shape index (κ3) is 4.74. The van der Waals surface area contributed by atoms with Gasteiger partial charge in [-0.1, -0.05) is 33.3 Å². The summed E-state index contributed by atoms with van der Waals surface area (Å²) in [6.07, 6.45) is -3.54. The number of hydrogen-bond acceptors (Lipinski definition) is 4. The molecule has 26 heavy (non-hydrogen) atoms. The number of rotatable bonds is 8. The van der Waals surface area contributed by atoms with Gasteiger partial charge in [-0.3, -0.25) is 9.59 Å². The first kappa shape index (κ1) is 21.9. The van der Waals surface area contributed by atoms with Crippen molar-refractivity contribution in [3.8, 4) is 5.75 Å². The van der Waals surface area contributed by atoms with Crippen LogP contribution in [0, 0.1) is 11.2 Å². The van der Waals surface area contributed by atoms with Crippen molar-refractivity contribution in [1.82, 2.24) is 0 Å². The van der Waals surface area contributed by atoms with Crippen molar-refractivity contribution in [3.63, 3.8) is 0 Å². The first-order valence-electron chi connectivity index (χ1n) is 8.39. The Morgan fingerprint density at radius 3 is 2.15 bits per heavy atom. The molecule has 0 N–H and O–H groups in total. The third-order valence-corrected chi connectivity index (χ3v) is 4.19. The number of ether oxygens (including phenoxy) is 2. The first-order valence-corrected chi connectivity index (χ1v) is 8.39. The molecule has 0 atom stereocenters. The Labute approximate surface area is 149 Å². The zero-order valence-electron chi connectivity index (χ0n) is 14.9. The average Bonchev–Trinajstić information content (AvgIpc) is 2.57.